The highest BCUT2D eigenvalue weighted by Gasteiger charge is 2.02. The zero-order valence-corrected chi connectivity index (χ0v) is 22.1. The number of nitrogens with one attached hydrogen (secondary N) is 1. The maximum Gasteiger partial charge on any atom is 0.230 e. The standard InChI is InChI=1S/C21H43N.C4H4S.C2H6N2O/c1-2-22-20-18-16-14-12-10-8-6-4-3-5-7-9-11-13-15-17-19-21-22;1-2-4-5-3-1;1-2(5)4-3/h2-21H2,1H3;1-4H;3H2,1H3,(H,4,5). The fraction of sp³-hybridized carbons (Fsp3) is 0.815. The molecule has 0 aliphatic carbocycles. The molecule has 1 fully saturated rings. The monoisotopic (exact) mass is 467 g/mol. The van der Waals surface area contributed by atoms with Gasteiger partial charge in [-0.25, -0.2) is 5.84 Å². The van der Waals surface area contributed by atoms with E-state index in [0.29, 0.717) is 0 Å². The van der Waals surface area contributed by atoms with E-state index in [9.17, 15) is 4.79 Å². The van der Waals surface area contributed by atoms with Crippen LogP contribution in [-0.2, 0) is 4.79 Å². The van der Waals surface area contributed by atoms with Gasteiger partial charge in [-0.3, -0.25) is 10.2 Å². The summed E-state index contributed by atoms with van der Waals surface area (Å²) in [4.78, 5) is 12.3. The van der Waals surface area contributed by atoms with Crippen LogP contribution in [0.4, 0.5) is 0 Å². The molecule has 0 aromatic carbocycles. The quantitative estimate of drug-likeness (QED) is 0.253. The van der Waals surface area contributed by atoms with Gasteiger partial charge in [0.1, 0.15) is 0 Å². The average Bonchev–Trinajstić information content (AvgIpc) is 3.39. The van der Waals surface area contributed by atoms with E-state index in [1.54, 1.807) is 11.3 Å². The highest BCUT2D eigenvalue weighted by Crippen LogP contribution is 2.14. The number of rotatable bonds is 1. The maximum atomic E-state index is 9.58. The van der Waals surface area contributed by atoms with Crippen LogP contribution in [0.25, 0.3) is 0 Å². The lowest BCUT2D eigenvalue weighted by atomic mass is 10.0. The Morgan fingerprint density at radius 1 is 0.719 bits per heavy atom. The molecule has 1 aromatic rings. The van der Waals surface area contributed by atoms with E-state index in [0.717, 1.165) is 0 Å². The van der Waals surface area contributed by atoms with E-state index in [4.69, 9.17) is 0 Å². The normalized spacial score (nSPS) is 18.7. The second-order valence-corrected chi connectivity index (χ2v) is 9.75. The van der Waals surface area contributed by atoms with Crippen LogP contribution in [0, 0.1) is 0 Å². The van der Waals surface area contributed by atoms with Crippen LogP contribution in [0.5, 0.6) is 0 Å². The fourth-order valence-corrected chi connectivity index (χ4v) is 4.43. The first-order valence-corrected chi connectivity index (χ1v) is 14.3. The molecule has 32 heavy (non-hydrogen) atoms. The van der Waals surface area contributed by atoms with Crippen LogP contribution in [-0.4, -0.2) is 30.4 Å². The predicted octanol–water partition coefficient (Wildman–Crippen LogP) is 7.70. The largest absolute Gasteiger partial charge is 0.304 e. The molecule has 1 aromatic heterocycles. The summed E-state index contributed by atoms with van der Waals surface area (Å²) in [6, 6.07) is 4.04. The van der Waals surface area contributed by atoms with Crippen molar-refractivity contribution in [1.82, 2.24) is 10.3 Å². The molecule has 0 spiro atoms. The molecule has 0 bridgehead atoms. The Labute approximate surface area is 203 Å². The van der Waals surface area contributed by atoms with Crippen LogP contribution < -0.4 is 11.3 Å². The van der Waals surface area contributed by atoms with Gasteiger partial charge in [0, 0.05) is 6.92 Å². The Bertz CT molecular complexity index is 430. The van der Waals surface area contributed by atoms with Crippen molar-refractivity contribution >= 4 is 17.2 Å². The molecule has 188 valence electrons. The topological polar surface area (TPSA) is 58.4 Å². The smallest absolute Gasteiger partial charge is 0.230 e. The van der Waals surface area contributed by atoms with Gasteiger partial charge >= 0.3 is 0 Å². The third-order valence-electron chi connectivity index (χ3n) is 6.02. The molecule has 0 radical (unpaired) electrons. The Morgan fingerprint density at radius 3 is 1.19 bits per heavy atom. The van der Waals surface area contributed by atoms with Crippen LogP contribution in [0.15, 0.2) is 22.9 Å². The second kappa shape index (κ2) is 26.3. The van der Waals surface area contributed by atoms with E-state index >= 15 is 0 Å². The third kappa shape index (κ3) is 25.4. The number of hydrogen-bond acceptors (Lipinski definition) is 4. The van der Waals surface area contributed by atoms with Gasteiger partial charge in [-0.1, -0.05) is 115 Å². The number of nitrogens with two attached hydrogens (primary N) is 1. The molecule has 1 saturated heterocycles. The van der Waals surface area contributed by atoms with Crippen LogP contribution >= 0.6 is 11.3 Å². The van der Waals surface area contributed by atoms with Crippen molar-refractivity contribution in [2.24, 2.45) is 5.84 Å². The Morgan fingerprint density at radius 2 is 1.00 bits per heavy atom. The van der Waals surface area contributed by atoms with Crippen molar-refractivity contribution in [2.45, 2.75) is 123 Å². The Kier molecular flexibility index (Phi) is 25.6. The summed E-state index contributed by atoms with van der Waals surface area (Å²) in [5.41, 5.74) is 1.89. The van der Waals surface area contributed by atoms with E-state index < -0.39 is 0 Å². The first-order valence-electron chi connectivity index (χ1n) is 13.4. The number of hydrazine groups is 1. The van der Waals surface area contributed by atoms with E-state index in [1.165, 1.54) is 136 Å². The van der Waals surface area contributed by atoms with Crippen molar-refractivity contribution in [3.63, 3.8) is 0 Å². The first kappa shape index (κ1) is 31.1. The molecule has 1 amide bonds. The second-order valence-electron chi connectivity index (χ2n) is 8.94. The molecule has 0 unspecified atom stereocenters. The fourth-order valence-electron chi connectivity index (χ4n) is 3.98. The van der Waals surface area contributed by atoms with Crippen LogP contribution in [0.3, 0.4) is 0 Å². The van der Waals surface area contributed by atoms with Gasteiger partial charge in [-0.15, -0.1) is 0 Å². The molecule has 2 rings (SSSR count). The lowest BCUT2D eigenvalue weighted by Crippen LogP contribution is -2.26. The zero-order chi connectivity index (χ0) is 23.5. The number of carbonyl (C=O) groups is 1. The Balaban J connectivity index is 0.000000785. The molecule has 3 N–H and O–H groups in total. The molecule has 0 saturated carbocycles. The van der Waals surface area contributed by atoms with Crippen LogP contribution in [0.2, 0.25) is 0 Å². The van der Waals surface area contributed by atoms with Gasteiger partial charge in [0.15, 0.2) is 0 Å². The average molecular weight is 468 g/mol. The van der Waals surface area contributed by atoms with Crippen molar-refractivity contribution in [3.8, 4) is 0 Å². The number of thiophene rings is 1. The molecule has 4 nitrogen and oxygen atoms in total. The Hall–Kier alpha value is -0.910. The summed E-state index contributed by atoms with van der Waals surface area (Å²) >= 11 is 1.71. The van der Waals surface area contributed by atoms with E-state index in [2.05, 4.69) is 17.7 Å². The molecule has 2 heterocycles. The lowest BCUT2D eigenvalue weighted by molar-refractivity contribution is -0.119. The minimum atomic E-state index is -0.218. The summed E-state index contributed by atoms with van der Waals surface area (Å²) in [6.45, 7) is 7.62. The van der Waals surface area contributed by atoms with Crippen molar-refractivity contribution < 1.29 is 4.79 Å². The molecular weight excluding hydrogens is 414 g/mol. The summed E-state index contributed by atoms with van der Waals surface area (Å²) in [5.74, 6) is 4.35. The zero-order valence-electron chi connectivity index (χ0n) is 21.3. The summed E-state index contributed by atoms with van der Waals surface area (Å²) in [6.07, 6.45) is 25.1. The summed E-state index contributed by atoms with van der Waals surface area (Å²) < 4.78 is 0. The van der Waals surface area contributed by atoms with Crippen molar-refractivity contribution in [2.75, 3.05) is 19.6 Å². The summed E-state index contributed by atoms with van der Waals surface area (Å²) in [5, 5.41) is 4.08. The number of hydrogen-bond donors (Lipinski definition) is 2. The van der Waals surface area contributed by atoms with Gasteiger partial charge < -0.3 is 4.90 Å². The van der Waals surface area contributed by atoms with E-state index in [-0.39, 0.29) is 5.91 Å². The van der Waals surface area contributed by atoms with Crippen molar-refractivity contribution in [3.05, 3.63) is 22.9 Å². The SMILES string of the molecule is CC(=O)NN.CCN1CCCCCCCCCCCCCCCCCCC1.c1ccsc1. The highest BCUT2D eigenvalue weighted by molar-refractivity contribution is 7.07. The molecule has 5 heteroatoms. The molecule has 1 aliphatic rings. The predicted molar refractivity (Wildman–Crippen MR) is 143 cm³/mol. The number of amides is 1. The summed E-state index contributed by atoms with van der Waals surface area (Å²) in [7, 11) is 0. The van der Waals surface area contributed by atoms with E-state index in [1.807, 2.05) is 28.3 Å². The van der Waals surface area contributed by atoms with Gasteiger partial charge in [0.25, 0.3) is 0 Å². The lowest BCUT2D eigenvalue weighted by Gasteiger charge is -2.20. The molecular formula is C27H53N3OS. The first-order chi connectivity index (χ1) is 15.7. The van der Waals surface area contributed by atoms with Gasteiger partial charge in [0.05, 0.1) is 0 Å². The number of nitrogens with zero attached hydrogens (tertiary/aromatic N) is 1. The van der Waals surface area contributed by atoms with Gasteiger partial charge in [0.2, 0.25) is 5.91 Å². The number of carbonyl (C=O) groups excluding carboxylic acids is 1. The van der Waals surface area contributed by atoms with Gasteiger partial charge in [-0.2, -0.15) is 11.3 Å². The highest BCUT2D eigenvalue weighted by atomic mass is 32.1. The third-order valence-corrected chi connectivity index (χ3v) is 6.65. The van der Waals surface area contributed by atoms with Crippen LogP contribution in [0.1, 0.15) is 123 Å². The van der Waals surface area contributed by atoms with Crippen molar-refractivity contribution in [1.29, 1.82) is 0 Å². The van der Waals surface area contributed by atoms with Gasteiger partial charge in [-0.05, 0) is 43.2 Å². The maximum absolute atomic E-state index is 9.58. The minimum Gasteiger partial charge on any atom is -0.304 e. The molecule has 0 atom stereocenters. The molecule has 1 aliphatic heterocycles. The minimum absolute atomic E-state index is 0.218.